The molecule has 0 amide bonds. The highest BCUT2D eigenvalue weighted by molar-refractivity contribution is 4.87. The monoisotopic (exact) mass is 251 g/mol. The number of aliphatic hydroxyl groups excluding tert-OH is 1. The molecule has 18 heavy (non-hydrogen) atoms. The molecular weight excluding hydrogens is 226 g/mol. The topological polar surface area (TPSA) is 50.1 Å². The second kappa shape index (κ2) is 6.34. The maximum Gasteiger partial charge on any atom is 0.0860 e. The Labute approximate surface area is 109 Å². The Morgan fingerprint density at radius 2 is 2.33 bits per heavy atom. The molecule has 0 spiro atoms. The van der Waals surface area contributed by atoms with Crippen LogP contribution in [0.4, 0.5) is 0 Å². The molecule has 0 saturated heterocycles. The van der Waals surface area contributed by atoms with Gasteiger partial charge in [-0.05, 0) is 30.7 Å². The fourth-order valence-electron chi connectivity index (χ4n) is 3.09. The lowest BCUT2D eigenvalue weighted by molar-refractivity contribution is 0.139. The molecule has 4 atom stereocenters. The van der Waals surface area contributed by atoms with Gasteiger partial charge in [-0.2, -0.15) is 5.10 Å². The summed E-state index contributed by atoms with van der Waals surface area (Å²) in [5.41, 5.74) is 0. The van der Waals surface area contributed by atoms with Gasteiger partial charge < -0.3 is 10.4 Å². The van der Waals surface area contributed by atoms with Gasteiger partial charge >= 0.3 is 0 Å². The first-order valence-corrected chi connectivity index (χ1v) is 7.09. The van der Waals surface area contributed by atoms with E-state index in [2.05, 4.69) is 24.3 Å². The standard InChI is InChI=1S/C14H25N3O/c1-3-12-5-6-14(11(12)2)15-9-13(18)10-17-8-4-7-16-17/h4,7-8,11-15,18H,3,5-6,9-10H2,1-2H3. The third-order valence-electron chi connectivity index (χ3n) is 4.32. The first-order chi connectivity index (χ1) is 8.70. The Morgan fingerprint density at radius 1 is 1.50 bits per heavy atom. The van der Waals surface area contributed by atoms with Crippen LogP contribution in [0.15, 0.2) is 18.5 Å². The molecule has 0 bridgehead atoms. The molecule has 4 unspecified atom stereocenters. The molecule has 1 aliphatic carbocycles. The number of aromatic nitrogens is 2. The van der Waals surface area contributed by atoms with Gasteiger partial charge in [0, 0.05) is 25.0 Å². The molecule has 1 aromatic rings. The highest BCUT2D eigenvalue weighted by atomic mass is 16.3. The van der Waals surface area contributed by atoms with Crippen LogP contribution in [0.3, 0.4) is 0 Å². The smallest absolute Gasteiger partial charge is 0.0860 e. The molecule has 1 aromatic heterocycles. The van der Waals surface area contributed by atoms with E-state index in [1.165, 1.54) is 19.3 Å². The normalized spacial score (nSPS) is 29.6. The SMILES string of the molecule is CCC1CCC(NCC(O)Cn2cccn2)C1C. The summed E-state index contributed by atoms with van der Waals surface area (Å²) in [7, 11) is 0. The van der Waals surface area contributed by atoms with Crippen molar-refractivity contribution in [1.82, 2.24) is 15.1 Å². The minimum atomic E-state index is -0.363. The van der Waals surface area contributed by atoms with Crippen molar-refractivity contribution in [3.05, 3.63) is 18.5 Å². The number of aliphatic hydroxyl groups is 1. The molecule has 0 aliphatic heterocycles. The van der Waals surface area contributed by atoms with E-state index in [0.717, 1.165) is 11.8 Å². The van der Waals surface area contributed by atoms with E-state index in [0.29, 0.717) is 19.1 Å². The van der Waals surface area contributed by atoms with Crippen molar-refractivity contribution >= 4 is 0 Å². The molecule has 1 saturated carbocycles. The Hall–Kier alpha value is -0.870. The van der Waals surface area contributed by atoms with Gasteiger partial charge in [-0.3, -0.25) is 4.68 Å². The van der Waals surface area contributed by atoms with Gasteiger partial charge in [0.1, 0.15) is 0 Å². The van der Waals surface area contributed by atoms with Gasteiger partial charge in [0.2, 0.25) is 0 Å². The van der Waals surface area contributed by atoms with Crippen LogP contribution in [-0.2, 0) is 6.54 Å². The lowest BCUT2D eigenvalue weighted by Gasteiger charge is -2.22. The van der Waals surface area contributed by atoms with Crippen molar-refractivity contribution in [2.45, 2.75) is 51.8 Å². The fraction of sp³-hybridized carbons (Fsp3) is 0.786. The first kappa shape index (κ1) is 13.6. The van der Waals surface area contributed by atoms with Crippen molar-refractivity contribution < 1.29 is 5.11 Å². The second-order valence-corrected chi connectivity index (χ2v) is 5.50. The van der Waals surface area contributed by atoms with Gasteiger partial charge in [-0.1, -0.05) is 20.3 Å². The van der Waals surface area contributed by atoms with Gasteiger partial charge in [0.05, 0.1) is 12.6 Å². The molecule has 1 fully saturated rings. The molecule has 2 rings (SSSR count). The summed E-state index contributed by atoms with van der Waals surface area (Å²) in [6.07, 6.45) is 7.10. The Kier molecular flexibility index (Phi) is 4.78. The molecule has 1 heterocycles. The number of hydrogen-bond donors (Lipinski definition) is 2. The van der Waals surface area contributed by atoms with E-state index < -0.39 is 0 Å². The third kappa shape index (κ3) is 3.33. The summed E-state index contributed by atoms with van der Waals surface area (Å²) in [4.78, 5) is 0. The van der Waals surface area contributed by atoms with Gasteiger partial charge in [-0.25, -0.2) is 0 Å². The summed E-state index contributed by atoms with van der Waals surface area (Å²) in [5, 5.41) is 17.6. The zero-order chi connectivity index (χ0) is 13.0. The Morgan fingerprint density at radius 3 is 2.94 bits per heavy atom. The van der Waals surface area contributed by atoms with Crippen molar-refractivity contribution in [3.63, 3.8) is 0 Å². The summed E-state index contributed by atoms with van der Waals surface area (Å²) >= 11 is 0. The Balaban J connectivity index is 1.71. The van der Waals surface area contributed by atoms with Crippen molar-refractivity contribution in [2.75, 3.05) is 6.54 Å². The number of nitrogens with one attached hydrogen (secondary N) is 1. The predicted molar refractivity (Wildman–Crippen MR) is 72.2 cm³/mol. The summed E-state index contributed by atoms with van der Waals surface area (Å²) < 4.78 is 1.78. The zero-order valence-corrected chi connectivity index (χ0v) is 11.4. The zero-order valence-electron chi connectivity index (χ0n) is 11.4. The Bertz CT molecular complexity index is 339. The minimum absolute atomic E-state index is 0.363. The average molecular weight is 251 g/mol. The van der Waals surface area contributed by atoms with E-state index in [1.54, 1.807) is 10.9 Å². The molecule has 1 aliphatic rings. The largest absolute Gasteiger partial charge is 0.390 e. The van der Waals surface area contributed by atoms with Crippen LogP contribution in [-0.4, -0.2) is 33.6 Å². The van der Waals surface area contributed by atoms with Crippen LogP contribution in [0.5, 0.6) is 0 Å². The molecule has 0 radical (unpaired) electrons. The van der Waals surface area contributed by atoms with E-state index in [4.69, 9.17) is 0 Å². The number of nitrogens with zero attached hydrogens (tertiary/aromatic N) is 2. The molecular formula is C14H25N3O. The summed E-state index contributed by atoms with van der Waals surface area (Å²) in [6.45, 7) is 5.83. The molecule has 102 valence electrons. The lowest BCUT2D eigenvalue weighted by Crippen LogP contribution is -2.39. The minimum Gasteiger partial charge on any atom is -0.390 e. The molecule has 2 N–H and O–H groups in total. The lowest BCUT2D eigenvalue weighted by atomic mass is 9.93. The van der Waals surface area contributed by atoms with Crippen LogP contribution < -0.4 is 5.32 Å². The predicted octanol–water partition coefficient (Wildman–Crippen LogP) is 1.66. The van der Waals surface area contributed by atoms with Crippen LogP contribution in [0.1, 0.15) is 33.1 Å². The average Bonchev–Trinajstić information content (AvgIpc) is 2.97. The second-order valence-electron chi connectivity index (χ2n) is 5.50. The molecule has 4 nitrogen and oxygen atoms in total. The van der Waals surface area contributed by atoms with Gasteiger partial charge in [-0.15, -0.1) is 0 Å². The quantitative estimate of drug-likeness (QED) is 0.808. The van der Waals surface area contributed by atoms with E-state index in [9.17, 15) is 5.11 Å². The fourth-order valence-corrected chi connectivity index (χ4v) is 3.09. The van der Waals surface area contributed by atoms with Crippen molar-refractivity contribution in [2.24, 2.45) is 11.8 Å². The van der Waals surface area contributed by atoms with Crippen LogP contribution >= 0.6 is 0 Å². The van der Waals surface area contributed by atoms with Gasteiger partial charge in [0.15, 0.2) is 0 Å². The van der Waals surface area contributed by atoms with Crippen molar-refractivity contribution in [3.8, 4) is 0 Å². The summed E-state index contributed by atoms with van der Waals surface area (Å²) in [5.74, 6) is 1.58. The van der Waals surface area contributed by atoms with Crippen molar-refractivity contribution in [1.29, 1.82) is 0 Å². The molecule has 4 heteroatoms. The maximum absolute atomic E-state index is 9.97. The van der Waals surface area contributed by atoms with Crippen LogP contribution in [0.2, 0.25) is 0 Å². The first-order valence-electron chi connectivity index (χ1n) is 7.09. The van der Waals surface area contributed by atoms with E-state index in [-0.39, 0.29) is 6.10 Å². The van der Waals surface area contributed by atoms with E-state index in [1.807, 2.05) is 12.3 Å². The summed E-state index contributed by atoms with van der Waals surface area (Å²) in [6, 6.07) is 2.45. The number of hydrogen-bond acceptors (Lipinski definition) is 3. The third-order valence-corrected chi connectivity index (χ3v) is 4.32. The maximum atomic E-state index is 9.97. The van der Waals surface area contributed by atoms with E-state index >= 15 is 0 Å². The van der Waals surface area contributed by atoms with Crippen LogP contribution in [0.25, 0.3) is 0 Å². The van der Waals surface area contributed by atoms with Gasteiger partial charge in [0.25, 0.3) is 0 Å². The highest BCUT2D eigenvalue weighted by Gasteiger charge is 2.31. The number of rotatable bonds is 6. The van der Waals surface area contributed by atoms with Crippen LogP contribution in [0, 0.1) is 11.8 Å². The highest BCUT2D eigenvalue weighted by Crippen LogP contribution is 2.33. The molecule has 0 aromatic carbocycles.